The number of hydrogen-bond donors (Lipinski definition) is 1. The van der Waals surface area contributed by atoms with Crippen LogP contribution in [0.5, 0.6) is 0 Å². The van der Waals surface area contributed by atoms with E-state index in [1.54, 1.807) is 25.3 Å². The van der Waals surface area contributed by atoms with E-state index in [-0.39, 0.29) is 22.3 Å². The second-order valence-electron chi connectivity index (χ2n) is 4.55. The van der Waals surface area contributed by atoms with Gasteiger partial charge < -0.3 is 9.73 Å². The molecule has 1 N–H and O–H groups in total. The molecular weight excluding hydrogens is 296 g/mol. The average Bonchev–Trinajstić information content (AvgIpc) is 2.90. The first-order valence-electron chi connectivity index (χ1n) is 6.25. The molecule has 0 aliphatic heterocycles. The van der Waals surface area contributed by atoms with Crippen LogP contribution in [-0.4, -0.2) is 16.9 Å². The summed E-state index contributed by atoms with van der Waals surface area (Å²) in [6, 6.07) is 7.42. The van der Waals surface area contributed by atoms with Crippen LogP contribution in [0.1, 0.15) is 23.0 Å². The van der Waals surface area contributed by atoms with Gasteiger partial charge in [0.2, 0.25) is 0 Å². The van der Waals surface area contributed by atoms with Gasteiger partial charge in [0, 0.05) is 18.5 Å². The number of halogens is 1. The minimum Gasteiger partial charge on any atom is -0.469 e. The van der Waals surface area contributed by atoms with Gasteiger partial charge in [0.25, 0.3) is 11.6 Å². The lowest BCUT2D eigenvalue weighted by Gasteiger charge is -2.13. The molecular formula is C14H13ClN2O4. The highest BCUT2D eigenvalue weighted by Gasteiger charge is 2.24. The van der Waals surface area contributed by atoms with Crippen molar-refractivity contribution in [3.63, 3.8) is 0 Å². The molecule has 2 rings (SSSR count). The zero-order valence-corrected chi connectivity index (χ0v) is 12.0. The first-order chi connectivity index (χ1) is 9.99. The Balaban J connectivity index is 2.15. The molecule has 1 aromatic carbocycles. The maximum atomic E-state index is 12.2. The van der Waals surface area contributed by atoms with Crippen molar-refractivity contribution in [2.45, 2.75) is 19.4 Å². The Kier molecular flexibility index (Phi) is 4.59. The highest BCUT2D eigenvalue weighted by Crippen LogP contribution is 2.26. The predicted octanol–water partition coefficient (Wildman–Crippen LogP) is 3.20. The third-order valence-electron chi connectivity index (χ3n) is 2.88. The molecule has 0 fully saturated rings. The normalized spacial score (nSPS) is 11.9. The van der Waals surface area contributed by atoms with Crippen molar-refractivity contribution in [2.75, 3.05) is 0 Å². The SMILES string of the molecule is C[C@H](Cc1ccco1)NC(=O)c1c(Cl)cccc1[N+](=O)[O-]. The molecule has 0 spiro atoms. The molecule has 0 aliphatic carbocycles. The topological polar surface area (TPSA) is 85.4 Å². The van der Waals surface area contributed by atoms with Crippen molar-refractivity contribution < 1.29 is 14.1 Å². The van der Waals surface area contributed by atoms with E-state index in [1.807, 2.05) is 0 Å². The van der Waals surface area contributed by atoms with E-state index in [0.29, 0.717) is 6.42 Å². The third-order valence-corrected chi connectivity index (χ3v) is 3.20. The van der Waals surface area contributed by atoms with Gasteiger partial charge in [-0.05, 0) is 25.1 Å². The number of benzene rings is 1. The molecule has 7 heteroatoms. The Morgan fingerprint density at radius 1 is 1.43 bits per heavy atom. The molecule has 21 heavy (non-hydrogen) atoms. The average molecular weight is 309 g/mol. The fourth-order valence-corrected chi connectivity index (χ4v) is 2.22. The third kappa shape index (κ3) is 3.61. The number of hydrogen-bond acceptors (Lipinski definition) is 4. The number of amides is 1. The summed E-state index contributed by atoms with van der Waals surface area (Å²) in [5.74, 6) is 0.141. The highest BCUT2D eigenvalue weighted by atomic mass is 35.5. The van der Waals surface area contributed by atoms with Crippen LogP contribution in [0.4, 0.5) is 5.69 Å². The maximum Gasteiger partial charge on any atom is 0.283 e. The maximum absolute atomic E-state index is 12.2. The van der Waals surface area contributed by atoms with Crippen molar-refractivity contribution >= 4 is 23.2 Å². The Hall–Kier alpha value is -2.34. The van der Waals surface area contributed by atoms with Crippen LogP contribution in [0.2, 0.25) is 5.02 Å². The van der Waals surface area contributed by atoms with Gasteiger partial charge >= 0.3 is 0 Å². The molecule has 1 heterocycles. The molecule has 0 saturated carbocycles. The molecule has 1 atom stereocenters. The van der Waals surface area contributed by atoms with Crippen molar-refractivity contribution in [2.24, 2.45) is 0 Å². The fraction of sp³-hybridized carbons (Fsp3) is 0.214. The summed E-state index contributed by atoms with van der Waals surface area (Å²) >= 11 is 5.91. The molecule has 0 unspecified atom stereocenters. The Morgan fingerprint density at radius 3 is 2.81 bits per heavy atom. The Labute approximate surface area is 125 Å². The minimum atomic E-state index is -0.627. The lowest BCUT2D eigenvalue weighted by Crippen LogP contribution is -2.34. The van der Waals surface area contributed by atoms with Crippen molar-refractivity contribution in [3.8, 4) is 0 Å². The summed E-state index contributed by atoms with van der Waals surface area (Å²) in [6.45, 7) is 1.78. The number of carbonyl (C=O) groups excluding carboxylic acids is 1. The number of nitrogens with zero attached hydrogens (tertiary/aromatic N) is 1. The van der Waals surface area contributed by atoms with Crippen LogP contribution in [0, 0.1) is 10.1 Å². The molecule has 110 valence electrons. The van der Waals surface area contributed by atoms with Crippen molar-refractivity contribution in [1.29, 1.82) is 0 Å². The van der Waals surface area contributed by atoms with Crippen LogP contribution < -0.4 is 5.32 Å². The fourth-order valence-electron chi connectivity index (χ4n) is 1.97. The molecule has 1 amide bonds. The van der Waals surface area contributed by atoms with E-state index >= 15 is 0 Å². The van der Waals surface area contributed by atoms with Crippen LogP contribution in [0.15, 0.2) is 41.0 Å². The monoisotopic (exact) mass is 308 g/mol. The number of furan rings is 1. The number of nitro groups is 1. The zero-order valence-electron chi connectivity index (χ0n) is 11.2. The molecule has 2 aromatic rings. The van der Waals surface area contributed by atoms with E-state index in [4.69, 9.17) is 16.0 Å². The molecule has 0 saturated heterocycles. The van der Waals surface area contributed by atoms with Crippen LogP contribution in [0.25, 0.3) is 0 Å². The summed E-state index contributed by atoms with van der Waals surface area (Å²) in [5.41, 5.74) is -0.444. The quantitative estimate of drug-likeness (QED) is 0.679. The summed E-state index contributed by atoms with van der Waals surface area (Å²) in [7, 11) is 0. The van der Waals surface area contributed by atoms with Crippen molar-refractivity contribution in [1.82, 2.24) is 5.32 Å². The van der Waals surface area contributed by atoms with Gasteiger partial charge in [-0.2, -0.15) is 0 Å². The summed E-state index contributed by atoms with van der Waals surface area (Å²) < 4.78 is 5.19. The number of rotatable bonds is 5. The lowest BCUT2D eigenvalue weighted by atomic mass is 10.1. The standard InChI is InChI=1S/C14H13ClN2O4/c1-9(8-10-4-3-7-21-10)16-14(18)13-11(15)5-2-6-12(13)17(19)20/h2-7,9H,8H2,1H3,(H,16,18)/t9-/m1/s1. The second-order valence-corrected chi connectivity index (χ2v) is 4.96. The molecule has 0 aliphatic rings. The second kappa shape index (κ2) is 6.41. The predicted molar refractivity (Wildman–Crippen MR) is 77.4 cm³/mol. The van der Waals surface area contributed by atoms with Crippen LogP contribution in [0.3, 0.4) is 0 Å². The van der Waals surface area contributed by atoms with Gasteiger partial charge in [-0.25, -0.2) is 0 Å². The largest absolute Gasteiger partial charge is 0.469 e. The summed E-state index contributed by atoms with van der Waals surface area (Å²) in [5, 5.41) is 13.7. The van der Waals surface area contributed by atoms with E-state index < -0.39 is 10.8 Å². The van der Waals surface area contributed by atoms with Gasteiger partial charge in [0.15, 0.2) is 0 Å². The van der Waals surface area contributed by atoms with E-state index in [2.05, 4.69) is 5.32 Å². The Bertz CT molecular complexity index is 655. The lowest BCUT2D eigenvalue weighted by molar-refractivity contribution is -0.385. The molecule has 6 nitrogen and oxygen atoms in total. The molecule has 0 radical (unpaired) electrons. The van der Waals surface area contributed by atoms with Gasteiger partial charge in [-0.15, -0.1) is 0 Å². The van der Waals surface area contributed by atoms with Crippen LogP contribution >= 0.6 is 11.6 Å². The summed E-state index contributed by atoms with van der Waals surface area (Å²) in [4.78, 5) is 22.5. The molecule has 0 bridgehead atoms. The smallest absolute Gasteiger partial charge is 0.283 e. The van der Waals surface area contributed by atoms with E-state index in [1.165, 1.54) is 18.2 Å². The molecule has 1 aromatic heterocycles. The van der Waals surface area contributed by atoms with Crippen molar-refractivity contribution in [3.05, 3.63) is 63.1 Å². The minimum absolute atomic E-state index is 0.0481. The van der Waals surface area contributed by atoms with E-state index in [0.717, 1.165) is 5.76 Å². The van der Waals surface area contributed by atoms with Gasteiger partial charge in [-0.1, -0.05) is 17.7 Å². The first kappa shape index (κ1) is 15.1. The number of nitro benzene ring substituents is 1. The number of carbonyl (C=O) groups is 1. The number of nitrogens with one attached hydrogen (secondary N) is 1. The van der Waals surface area contributed by atoms with E-state index in [9.17, 15) is 14.9 Å². The Morgan fingerprint density at radius 2 is 2.19 bits per heavy atom. The van der Waals surface area contributed by atoms with Gasteiger partial charge in [-0.3, -0.25) is 14.9 Å². The first-order valence-corrected chi connectivity index (χ1v) is 6.63. The van der Waals surface area contributed by atoms with Gasteiger partial charge in [0.05, 0.1) is 16.2 Å². The highest BCUT2D eigenvalue weighted by molar-refractivity contribution is 6.34. The van der Waals surface area contributed by atoms with Gasteiger partial charge in [0.1, 0.15) is 11.3 Å². The summed E-state index contributed by atoms with van der Waals surface area (Å²) in [6.07, 6.45) is 2.03. The zero-order chi connectivity index (χ0) is 15.4. The van der Waals surface area contributed by atoms with Crippen LogP contribution in [-0.2, 0) is 6.42 Å².